The first kappa shape index (κ1) is 64.2. The summed E-state index contributed by atoms with van der Waals surface area (Å²) < 4.78 is 1.44. The third-order valence-electron chi connectivity index (χ3n) is 13.9. The van der Waals surface area contributed by atoms with Gasteiger partial charge in [-0.25, -0.2) is 9.97 Å². The molecule has 0 saturated carbocycles. The van der Waals surface area contributed by atoms with Crippen molar-refractivity contribution in [3.05, 3.63) is 54.4 Å². The molecule has 0 spiro atoms. The van der Waals surface area contributed by atoms with Crippen LogP contribution >= 0.6 is 0 Å². The van der Waals surface area contributed by atoms with Gasteiger partial charge in [0.2, 0.25) is 53.2 Å². The number of nitrogens with one attached hydrogen (secondary N) is 8. The number of unbranched alkanes of at least 4 members (excludes halogenated alkanes) is 1. The van der Waals surface area contributed by atoms with Crippen molar-refractivity contribution in [3.63, 3.8) is 0 Å². The Kier molecular flexibility index (Phi) is 24.6. The predicted molar refractivity (Wildman–Crippen MR) is 306 cm³/mol. The van der Waals surface area contributed by atoms with Crippen LogP contribution in [0.2, 0.25) is 0 Å². The highest BCUT2D eigenvalue weighted by Gasteiger charge is 2.35. The predicted octanol–water partition coefficient (Wildman–Crippen LogP) is -2.08. The molecule has 17 N–H and O–H groups in total. The van der Waals surface area contributed by atoms with Crippen LogP contribution in [0.3, 0.4) is 0 Å². The minimum atomic E-state index is -1.35. The number of phenols is 1. The second kappa shape index (κ2) is 31.4. The van der Waals surface area contributed by atoms with E-state index in [9.17, 15) is 43.5 Å². The van der Waals surface area contributed by atoms with Crippen LogP contribution in [-0.4, -0.2) is 175 Å². The van der Waals surface area contributed by atoms with E-state index in [-0.39, 0.29) is 117 Å². The van der Waals surface area contributed by atoms with Gasteiger partial charge in [0, 0.05) is 71.4 Å². The minimum absolute atomic E-state index is 0.00423. The van der Waals surface area contributed by atoms with E-state index in [1.807, 2.05) is 32.6 Å². The number of hydrogen-bond acceptors (Lipinski definition) is 17. The van der Waals surface area contributed by atoms with Gasteiger partial charge < -0.3 is 84.6 Å². The fourth-order valence-electron chi connectivity index (χ4n) is 9.25. The number of nitrogen functional groups attached to an aromatic ring is 1. The zero-order valence-electron chi connectivity index (χ0n) is 47.6. The SMILES string of the molecule is CC[C@H](C)[C@H](NC(C)=O)C(=O)N[C@@H](CCCCN)C(=O)N1CCN(c2nc(N)c3ncn(CC(=O)N[C@@H](CCCN=C(N)N)C(=O)N[C@@H](Cc4cnc[nH]4)C(=O)N[C@@H](Cc4ccc(O)cc4)C(=O)N[C@@H](CC(C)C)C(=O)NC)c3n2)CC1. The molecule has 1 aliphatic heterocycles. The number of amides is 8. The lowest BCUT2D eigenvalue weighted by atomic mass is 9.97. The summed E-state index contributed by atoms with van der Waals surface area (Å²) in [6.07, 6.45) is 6.77. The normalized spacial score (nSPS) is 15.0. The van der Waals surface area contributed by atoms with Gasteiger partial charge in [-0.1, -0.05) is 46.2 Å². The molecule has 82 heavy (non-hydrogen) atoms. The van der Waals surface area contributed by atoms with E-state index in [4.69, 9.17) is 27.9 Å². The first-order valence-electron chi connectivity index (χ1n) is 27.6. The largest absolute Gasteiger partial charge is 0.508 e. The Morgan fingerprint density at radius 2 is 1.40 bits per heavy atom. The topological polar surface area (TPSA) is 436 Å². The van der Waals surface area contributed by atoms with Crippen LogP contribution in [0.4, 0.5) is 11.8 Å². The third-order valence-corrected chi connectivity index (χ3v) is 13.9. The lowest BCUT2D eigenvalue weighted by Crippen LogP contribution is -2.59. The number of aromatic hydroxyl groups is 1. The molecular formula is C53H82N20O9. The van der Waals surface area contributed by atoms with Crippen LogP contribution in [0.25, 0.3) is 11.2 Å². The molecule has 5 rings (SSSR count). The van der Waals surface area contributed by atoms with Crippen LogP contribution in [-0.2, 0) is 57.7 Å². The molecule has 29 nitrogen and oxygen atoms in total. The van der Waals surface area contributed by atoms with Gasteiger partial charge in [0.25, 0.3) is 0 Å². The van der Waals surface area contributed by atoms with Gasteiger partial charge in [-0.3, -0.25) is 43.3 Å². The number of carbonyl (C=O) groups is 8. The number of nitrogens with zero attached hydrogens (tertiary/aromatic N) is 8. The van der Waals surface area contributed by atoms with E-state index in [0.29, 0.717) is 49.9 Å². The molecule has 0 unspecified atom stereocenters. The molecule has 448 valence electrons. The summed E-state index contributed by atoms with van der Waals surface area (Å²) in [4.78, 5) is 138. The van der Waals surface area contributed by atoms with E-state index in [1.54, 1.807) is 17.0 Å². The second-order valence-corrected chi connectivity index (χ2v) is 20.8. The summed E-state index contributed by atoms with van der Waals surface area (Å²) in [6, 6.07) is -0.461. The Hall–Kier alpha value is -8.63. The zero-order valence-corrected chi connectivity index (χ0v) is 47.6. The molecule has 1 fully saturated rings. The Morgan fingerprint density at radius 3 is 2.00 bits per heavy atom. The van der Waals surface area contributed by atoms with Crippen molar-refractivity contribution in [1.82, 2.24) is 71.6 Å². The number of nitrogens with two attached hydrogens (primary N) is 4. The van der Waals surface area contributed by atoms with E-state index >= 15 is 0 Å². The van der Waals surface area contributed by atoms with Crippen LogP contribution in [0.15, 0.2) is 48.1 Å². The number of benzene rings is 1. The Bertz CT molecular complexity index is 2810. The molecule has 7 atom stereocenters. The Morgan fingerprint density at radius 1 is 0.768 bits per heavy atom. The maximum atomic E-state index is 14.5. The van der Waals surface area contributed by atoms with Crippen LogP contribution in [0.1, 0.15) is 90.8 Å². The van der Waals surface area contributed by atoms with E-state index in [1.165, 1.54) is 49.5 Å². The van der Waals surface area contributed by atoms with Crippen LogP contribution in [0.5, 0.6) is 5.75 Å². The van der Waals surface area contributed by atoms with Gasteiger partial charge in [-0.15, -0.1) is 0 Å². The molecular weight excluding hydrogens is 1060 g/mol. The average Bonchev–Trinajstić information content (AvgIpc) is 4.14. The molecule has 8 amide bonds. The van der Waals surface area contributed by atoms with E-state index < -0.39 is 78.2 Å². The lowest BCUT2D eigenvalue weighted by Gasteiger charge is -2.37. The van der Waals surface area contributed by atoms with Crippen molar-refractivity contribution in [2.24, 2.45) is 34.0 Å². The van der Waals surface area contributed by atoms with Gasteiger partial charge in [0.05, 0.1) is 12.7 Å². The number of guanidine groups is 1. The smallest absolute Gasteiger partial charge is 0.245 e. The first-order chi connectivity index (χ1) is 39.1. The van der Waals surface area contributed by atoms with Gasteiger partial charge in [0.1, 0.15) is 54.1 Å². The van der Waals surface area contributed by atoms with Crippen molar-refractivity contribution < 1.29 is 43.5 Å². The number of piperazine rings is 1. The highest BCUT2D eigenvalue weighted by molar-refractivity contribution is 5.96. The quantitative estimate of drug-likeness (QED) is 0.0146. The number of anilines is 2. The maximum absolute atomic E-state index is 14.5. The summed E-state index contributed by atoms with van der Waals surface area (Å²) >= 11 is 0. The maximum Gasteiger partial charge on any atom is 0.245 e. The summed E-state index contributed by atoms with van der Waals surface area (Å²) in [6.45, 7) is 10.1. The number of fused-ring (bicyclic) bond motifs is 1. The number of H-pyrrole nitrogens is 1. The zero-order chi connectivity index (χ0) is 60.0. The highest BCUT2D eigenvalue weighted by Crippen LogP contribution is 2.23. The van der Waals surface area contributed by atoms with Crippen LogP contribution < -0.4 is 65.1 Å². The van der Waals surface area contributed by atoms with Gasteiger partial charge in [-0.2, -0.15) is 9.97 Å². The first-order valence-corrected chi connectivity index (χ1v) is 27.6. The monoisotopic (exact) mass is 1140 g/mol. The van der Waals surface area contributed by atoms with Crippen molar-refractivity contribution in [3.8, 4) is 5.75 Å². The van der Waals surface area contributed by atoms with Crippen molar-refractivity contribution in [2.75, 3.05) is 56.9 Å². The molecule has 0 radical (unpaired) electrons. The third kappa shape index (κ3) is 19.3. The van der Waals surface area contributed by atoms with Crippen LogP contribution in [0, 0.1) is 11.8 Å². The second-order valence-electron chi connectivity index (χ2n) is 20.8. The van der Waals surface area contributed by atoms with Gasteiger partial charge in [-0.05, 0) is 74.6 Å². The number of likely N-dealkylation sites (N-methyl/N-ethyl adjacent to an activating group) is 1. The van der Waals surface area contributed by atoms with Gasteiger partial charge in [0.15, 0.2) is 17.4 Å². The number of aromatic nitrogens is 6. The lowest BCUT2D eigenvalue weighted by molar-refractivity contribution is -0.138. The number of rotatable bonds is 31. The molecule has 1 aromatic carbocycles. The molecule has 1 saturated heterocycles. The Labute approximate surface area is 476 Å². The number of hydrogen-bond donors (Lipinski definition) is 13. The number of carbonyl (C=O) groups excluding carboxylic acids is 8. The van der Waals surface area contributed by atoms with Crippen molar-refractivity contribution in [2.45, 2.75) is 135 Å². The van der Waals surface area contributed by atoms with Gasteiger partial charge >= 0.3 is 0 Å². The molecule has 4 heterocycles. The summed E-state index contributed by atoms with van der Waals surface area (Å²) in [5, 5.41) is 29.2. The number of phenolic OH excluding ortho intramolecular Hbond substituents is 1. The molecule has 1 aliphatic rings. The average molecular weight is 1140 g/mol. The number of imidazole rings is 2. The van der Waals surface area contributed by atoms with Crippen molar-refractivity contribution in [1.29, 1.82) is 0 Å². The van der Waals surface area contributed by atoms with E-state index in [0.717, 1.165) is 0 Å². The number of aliphatic imine (C=N–C) groups is 1. The molecule has 29 heteroatoms. The highest BCUT2D eigenvalue weighted by atomic mass is 16.3. The molecule has 0 bridgehead atoms. The summed E-state index contributed by atoms with van der Waals surface area (Å²) in [5.41, 5.74) is 24.8. The molecule has 3 aromatic heterocycles. The minimum Gasteiger partial charge on any atom is -0.508 e. The fraction of sp³-hybridized carbons (Fsp3) is 0.566. The fourth-order valence-corrected chi connectivity index (χ4v) is 9.25. The summed E-state index contributed by atoms with van der Waals surface area (Å²) in [5.74, 6) is -4.50. The summed E-state index contributed by atoms with van der Waals surface area (Å²) in [7, 11) is 1.45. The Balaban J connectivity index is 1.33. The van der Waals surface area contributed by atoms with Crippen molar-refractivity contribution >= 4 is 76.1 Å². The molecule has 0 aliphatic carbocycles. The number of aromatic amines is 1. The molecule has 4 aromatic rings. The standard InChI is InChI=1S/C53H82N20O9/c1-7-31(4)42(63-32(5)74)50(81)65-37(11-8-9-17-54)51(82)71-19-21-72(22-20-71)53-69-44(55)43-45(70-53)73(29-62-43)27-41(76)64-36(12-10-18-60-52(56)57)47(78)68-40(25-34-26-59-28-61-34)49(80)67-39(24-33-13-15-35(75)16-14-33)48(79)66-38(23-30(2)3)46(77)58-6/h13-16,26,28-31,36-40,42,75H,7-12,17-25,27,54H2,1-6H3,(H,58,77)(H,59,61)(H,63,74)(H,64,76)(H,65,81)(H,66,79)(H,67,80)(H,68,78)(H2,55,69,70)(H4,56,57,60)/t31-,36-,37-,38-,39-,40-,42-/m0/s1. The van der Waals surface area contributed by atoms with E-state index in [2.05, 4.69) is 62.1 Å².